The van der Waals surface area contributed by atoms with E-state index in [1.807, 2.05) is 61.7 Å². The molecule has 1 aromatic carbocycles. The number of piperidine rings is 1. The van der Waals surface area contributed by atoms with E-state index in [4.69, 9.17) is 4.74 Å². The number of likely N-dealkylation sites (tertiary alicyclic amines) is 1. The maximum absolute atomic E-state index is 12.5. The molecule has 0 atom stereocenters. The predicted molar refractivity (Wildman–Crippen MR) is 115 cm³/mol. The van der Waals surface area contributed by atoms with Crippen LogP contribution >= 0.6 is 0 Å². The molecule has 2 aromatic rings. The summed E-state index contributed by atoms with van der Waals surface area (Å²) in [5.74, 6) is 0.899. The van der Waals surface area contributed by atoms with E-state index in [1.54, 1.807) is 11.1 Å². The van der Waals surface area contributed by atoms with Gasteiger partial charge in [-0.15, -0.1) is 0 Å². The van der Waals surface area contributed by atoms with Gasteiger partial charge in [0, 0.05) is 32.0 Å². The Kier molecular flexibility index (Phi) is 5.25. The number of likely N-dealkylation sites (N-methyl/N-ethyl adjacent to an activating group) is 1. The van der Waals surface area contributed by atoms with Gasteiger partial charge in [-0.1, -0.05) is 43.0 Å². The number of fused-ring (bicyclic) bond motifs is 1. The number of carbonyl (C=O) groups is 1. The Morgan fingerprint density at radius 3 is 2.72 bits per heavy atom. The van der Waals surface area contributed by atoms with Crippen molar-refractivity contribution in [3.8, 4) is 0 Å². The fourth-order valence-electron chi connectivity index (χ4n) is 4.16. The molecule has 6 nitrogen and oxygen atoms in total. The van der Waals surface area contributed by atoms with E-state index in [2.05, 4.69) is 21.8 Å². The summed E-state index contributed by atoms with van der Waals surface area (Å²) >= 11 is 0. The first kappa shape index (κ1) is 19.1. The van der Waals surface area contributed by atoms with E-state index in [9.17, 15) is 4.79 Å². The third-order valence-corrected chi connectivity index (χ3v) is 5.69. The van der Waals surface area contributed by atoms with Gasteiger partial charge in [-0.05, 0) is 36.6 Å². The lowest BCUT2D eigenvalue weighted by Gasteiger charge is -2.49. The number of aromatic nitrogens is 1. The highest BCUT2D eigenvalue weighted by molar-refractivity contribution is 5.75. The highest BCUT2D eigenvalue weighted by Gasteiger charge is 2.44. The number of pyridine rings is 1. The van der Waals surface area contributed by atoms with Gasteiger partial charge in [-0.2, -0.15) is 0 Å². The van der Waals surface area contributed by atoms with E-state index in [0.29, 0.717) is 19.7 Å². The number of carbonyl (C=O) groups excluding carboxylic acids is 1. The van der Waals surface area contributed by atoms with Crippen molar-refractivity contribution in [3.05, 3.63) is 78.7 Å². The van der Waals surface area contributed by atoms with Crippen molar-refractivity contribution in [2.24, 2.45) is 0 Å². The average molecular weight is 390 g/mol. The number of nitrogens with one attached hydrogen (secondary N) is 1. The van der Waals surface area contributed by atoms with E-state index in [-0.39, 0.29) is 11.6 Å². The van der Waals surface area contributed by atoms with Crippen LogP contribution in [-0.2, 0) is 11.3 Å². The minimum absolute atomic E-state index is 0.255. The molecule has 150 valence electrons. The first-order valence-corrected chi connectivity index (χ1v) is 9.89. The first-order chi connectivity index (χ1) is 14.1. The molecule has 1 aromatic heterocycles. The van der Waals surface area contributed by atoms with Gasteiger partial charge >= 0.3 is 6.09 Å². The number of anilines is 2. The van der Waals surface area contributed by atoms with Gasteiger partial charge in [0.15, 0.2) is 5.82 Å². The van der Waals surface area contributed by atoms with Gasteiger partial charge in [0.05, 0.1) is 11.2 Å². The summed E-state index contributed by atoms with van der Waals surface area (Å²) in [6, 6.07) is 13.7. The van der Waals surface area contributed by atoms with Crippen LogP contribution in [0.3, 0.4) is 0 Å². The van der Waals surface area contributed by atoms with Crippen LogP contribution in [0.4, 0.5) is 16.3 Å². The summed E-state index contributed by atoms with van der Waals surface area (Å²) < 4.78 is 5.51. The number of benzene rings is 1. The molecule has 1 amide bonds. The standard InChI is InChI=1S/C23H26N4O2/c1-3-8-20-23(25-19-11-7-14-24-21(19)26(20)2)12-15-27(16-13-23)22(28)29-17-18-9-5-4-6-10-18/h3-11,14,25H,1,12-13,15-17H2,2H3/b20-8-. The molecule has 2 aliphatic heterocycles. The number of hydrogen-bond donors (Lipinski definition) is 1. The third kappa shape index (κ3) is 3.70. The number of nitrogens with zero attached hydrogens (tertiary/aromatic N) is 3. The largest absolute Gasteiger partial charge is 0.445 e. The van der Waals surface area contributed by atoms with Crippen molar-refractivity contribution in [3.63, 3.8) is 0 Å². The monoisotopic (exact) mass is 390 g/mol. The Hall–Kier alpha value is -3.28. The zero-order chi connectivity index (χ0) is 20.3. The minimum Gasteiger partial charge on any atom is -0.445 e. The fourth-order valence-corrected chi connectivity index (χ4v) is 4.16. The maximum atomic E-state index is 12.5. The molecule has 0 saturated carbocycles. The Morgan fingerprint density at radius 2 is 2.00 bits per heavy atom. The Labute approximate surface area is 171 Å². The molecule has 0 unspecified atom stereocenters. The van der Waals surface area contributed by atoms with Gasteiger partial charge in [-0.25, -0.2) is 9.78 Å². The molecular formula is C23H26N4O2. The lowest BCUT2D eigenvalue weighted by molar-refractivity contribution is 0.0831. The Bertz CT molecular complexity index is 917. The summed E-state index contributed by atoms with van der Waals surface area (Å²) in [5.41, 5.74) is 2.87. The number of amides is 1. The quantitative estimate of drug-likeness (QED) is 0.852. The Balaban J connectivity index is 1.46. The third-order valence-electron chi connectivity index (χ3n) is 5.69. The molecule has 2 aliphatic rings. The molecule has 3 heterocycles. The van der Waals surface area contributed by atoms with Gasteiger partial charge in [0.25, 0.3) is 0 Å². The topological polar surface area (TPSA) is 57.7 Å². The number of allylic oxidation sites excluding steroid dienone is 2. The first-order valence-electron chi connectivity index (χ1n) is 9.89. The average Bonchev–Trinajstić information content (AvgIpc) is 2.76. The SMILES string of the molecule is C=C/C=C1\N(C)c2ncccc2NC12CCN(C(=O)OCc1ccccc1)CC2. The second-order valence-electron chi connectivity index (χ2n) is 7.46. The van der Waals surface area contributed by atoms with E-state index >= 15 is 0 Å². The van der Waals surface area contributed by atoms with Crippen LogP contribution in [0, 0.1) is 0 Å². The smallest absolute Gasteiger partial charge is 0.410 e. The summed E-state index contributed by atoms with van der Waals surface area (Å²) in [5, 5.41) is 3.70. The van der Waals surface area contributed by atoms with Crippen LogP contribution in [0.5, 0.6) is 0 Å². The number of ether oxygens (including phenoxy) is 1. The van der Waals surface area contributed by atoms with Gasteiger partial charge in [-0.3, -0.25) is 0 Å². The lowest BCUT2D eigenvalue weighted by Crippen LogP contribution is -2.56. The van der Waals surface area contributed by atoms with Crippen LogP contribution in [-0.4, -0.2) is 41.7 Å². The van der Waals surface area contributed by atoms with Crippen molar-refractivity contribution in [1.82, 2.24) is 9.88 Å². The van der Waals surface area contributed by atoms with E-state index in [0.717, 1.165) is 35.6 Å². The predicted octanol–water partition coefficient (Wildman–Crippen LogP) is 4.18. The lowest BCUT2D eigenvalue weighted by atomic mass is 9.81. The van der Waals surface area contributed by atoms with E-state index < -0.39 is 0 Å². The minimum atomic E-state index is -0.260. The summed E-state index contributed by atoms with van der Waals surface area (Å²) in [6.45, 7) is 5.43. The molecule has 1 fully saturated rings. The normalized spacial score (nSPS) is 18.9. The molecule has 6 heteroatoms. The van der Waals surface area contributed by atoms with Crippen molar-refractivity contribution < 1.29 is 9.53 Å². The molecular weight excluding hydrogens is 364 g/mol. The number of rotatable bonds is 3. The molecule has 0 aliphatic carbocycles. The van der Waals surface area contributed by atoms with Crippen molar-refractivity contribution in [1.29, 1.82) is 0 Å². The van der Waals surface area contributed by atoms with Crippen LogP contribution in [0.25, 0.3) is 0 Å². The second-order valence-corrected chi connectivity index (χ2v) is 7.46. The van der Waals surface area contributed by atoms with Crippen LogP contribution in [0.15, 0.2) is 73.1 Å². The molecule has 29 heavy (non-hydrogen) atoms. The fraction of sp³-hybridized carbons (Fsp3) is 0.304. The molecule has 1 spiro atoms. The maximum Gasteiger partial charge on any atom is 0.410 e. The van der Waals surface area contributed by atoms with Crippen LogP contribution in [0.2, 0.25) is 0 Å². The summed E-state index contributed by atoms with van der Waals surface area (Å²) in [6.07, 6.45) is 6.95. The second kappa shape index (κ2) is 7.99. The van der Waals surface area contributed by atoms with Gasteiger partial charge in [0.2, 0.25) is 0 Å². The zero-order valence-electron chi connectivity index (χ0n) is 16.7. The summed E-state index contributed by atoms with van der Waals surface area (Å²) in [4.78, 5) is 21.0. The van der Waals surface area contributed by atoms with E-state index in [1.165, 1.54) is 0 Å². The molecule has 0 radical (unpaired) electrons. The molecule has 0 bridgehead atoms. The van der Waals surface area contributed by atoms with Crippen molar-refractivity contribution >= 4 is 17.6 Å². The highest BCUT2D eigenvalue weighted by atomic mass is 16.6. The molecule has 1 N–H and O–H groups in total. The van der Waals surface area contributed by atoms with Crippen molar-refractivity contribution in [2.45, 2.75) is 25.0 Å². The highest BCUT2D eigenvalue weighted by Crippen LogP contribution is 2.43. The van der Waals surface area contributed by atoms with Crippen LogP contribution < -0.4 is 10.2 Å². The zero-order valence-corrected chi connectivity index (χ0v) is 16.7. The molecule has 4 rings (SSSR count). The van der Waals surface area contributed by atoms with Crippen molar-refractivity contribution in [2.75, 3.05) is 30.4 Å². The van der Waals surface area contributed by atoms with Gasteiger partial charge < -0.3 is 19.9 Å². The number of hydrogen-bond acceptors (Lipinski definition) is 5. The van der Waals surface area contributed by atoms with Gasteiger partial charge in [0.1, 0.15) is 6.61 Å². The molecule has 1 saturated heterocycles. The van der Waals surface area contributed by atoms with Crippen LogP contribution in [0.1, 0.15) is 18.4 Å². The summed E-state index contributed by atoms with van der Waals surface area (Å²) in [7, 11) is 2.03. The Morgan fingerprint density at radius 1 is 1.24 bits per heavy atom.